The fourth-order valence-corrected chi connectivity index (χ4v) is 3.19. The maximum absolute atomic E-state index is 12.7. The second kappa shape index (κ2) is 5.35. The molecule has 116 valence electrons. The number of hydrogen-bond acceptors (Lipinski definition) is 3. The predicted molar refractivity (Wildman–Crippen MR) is 88.5 cm³/mol. The van der Waals surface area contributed by atoms with Gasteiger partial charge in [-0.3, -0.25) is 4.79 Å². The Bertz CT molecular complexity index is 918. The van der Waals surface area contributed by atoms with Crippen LogP contribution in [-0.2, 0) is 13.0 Å². The van der Waals surface area contributed by atoms with Gasteiger partial charge < -0.3 is 9.88 Å². The Kier molecular flexibility index (Phi) is 3.31. The summed E-state index contributed by atoms with van der Waals surface area (Å²) in [6, 6.07) is 7.76. The highest BCUT2D eigenvalue weighted by molar-refractivity contribution is 6.29. The van der Waals surface area contributed by atoms with Gasteiger partial charge in [0.05, 0.1) is 11.0 Å². The number of rotatable bonds is 1. The fraction of sp³-hybridized carbons (Fsp3) is 0.235. The van der Waals surface area contributed by atoms with Crippen molar-refractivity contribution in [2.45, 2.75) is 19.9 Å². The molecule has 0 atom stereocenters. The second-order valence-electron chi connectivity index (χ2n) is 5.81. The minimum atomic E-state index is -0.0822. The molecule has 23 heavy (non-hydrogen) atoms. The van der Waals surface area contributed by atoms with Gasteiger partial charge in [-0.05, 0) is 42.2 Å². The summed E-state index contributed by atoms with van der Waals surface area (Å²) in [7, 11) is 0. The number of carbonyl (C=O) groups excluding carboxylic acids is 1. The molecule has 1 aliphatic heterocycles. The zero-order chi connectivity index (χ0) is 16.0. The van der Waals surface area contributed by atoms with Crippen LogP contribution in [0.2, 0.25) is 5.15 Å². The largest absolute Gasteiger partial charge is 0.334 e. The summed E-state index contributed by atoms with van der Waals surface area (Å²) in [4.78, 5) is 26.3. The Morgan fingerprint density at radius 3 is 3.04 bits per heavy atom. The van der Waals surface area contributed by atoms with Crippen LogP contribution in [0.3, 0.4) is 0 Å². The molecule has 1 aromatic carbocycles. The molecule has 0 bridgehead atoms. The Hall–Kier alpha value is -2.40. The molecule has 6 heteroatoms. The topological polar surface area (TPSA) is 61.9 Å². The fourth-order valence-electron chi connectivity index (χ4n) is 3.01. The van der Waals surface area contributed by atoms with Crippen molar-refractivity contribution in [1.82, 2.24) is 19.9 Å². The van der Waals surface area contributed by atoms with Gasteiger partial charge in [0.15, 0.2) is 5.82 Å². The number of benzene rings is 1. The number of fused-ring (bicyclic) bond motifs is 2. The van der Waals surface area contributed by atoms with Crippen molar-refractivity contribution >= 4 is 28.5 Å². The number of aromatic nitrogens is 3. The molecule has 0 fully saturated rings. The number of amides is 1. The number of para-hydroxylation sites is 1. The van der Waals surface area contributed by atoms with Crippen LogP contribution < -0.4 is 0 Å². The number of nitrogens with zero attached hydrogens (tertiary/aromatic N) is 3. The standard InChI is InChI=1S/C17H15ClN4O/c1-10-3-2-4-13-15(10)21-16(20-13)17(23)22-6-5-11-7-14(18)19-8-12(11)9-22/h2-4,7-8H,5-6,9H2,1H3,(H,20,21). The number of aryl methyl sites for hydroxylation is 1. The van der Waals surface area contributed by atoms with E-state index in [1.165, 1.54) is 0 Å². The van der Waals surface area contributed by atoms with E-state index in [0.29, 0.717) is 24.1 Å². The molecule has 0 aliphatic carbocycles. The first kappa shape index (κ1) is 14.2. The van der Waals surface area contributed by atoms with E-state index < -0.39 is 0 Å². The molecule has 1 amide bonds. The molecular weight excluding hydrogens is 312 g/mol. The van der Waals surface area contributed by atoms with E-state index in [9.17, 15) is 4.79 Å². The van der Waals surface area contributed by atoms with Gasteiger partial charge in [-0.25, -0.2) is 9.97 Å². The maximum atomic E-state index is 12.7. The zero-order valence-corrected chi connectivity index (χ0v) is 13.4. The van der Waals surface area contributed by atoms with Crippen molar-refractivity contribution in [3.8, 4) is 0 Å². The van der Waals surface area contributed by atoms with Gasteiger partial charge in [0.1, 0.15) is 5.15 Å². The molecule has 3 heterocycles. The summed E-state index contributed by atoms with van der Waals surface area (Å²) in [5.74, 6) is 0.306. The highest BCUT2D eigenvalue weighted by Gasteiger charge is 2.24. The lowest BCUT2D eigenvalue weighted by molar-refractivity contribution is 0.0723. The van der Waals surface area contributed by atoms with E-state index >= 15 is 0 Å². The molecule has 0 spiro atoms. The van der Waals surface area contributed by atoms with E-state index in [-0.39, 0.29) is 5.91 Å². The number of halogens is 1. The van der Waals surface area contributed by atoms with Crippen LogP contribution in [0.1, 0.15) is 27.3 Å². The van der Waals surface area contributed by atoms with Gasteiger partial charge in [0.2, 0.25) is 0 Å². The van der Waals surface area contributed by atoms with E-state index in [1.54, 1.807) is 11.1 Å². The quantitative estimate of drug-likeness (QED) is 0.699. The van der Waals surface area contributed by atoms with Gasteiger partial charge in [0, 0.05) is 19.3 Å². The number of imidazole rings is 1. The first-order chi connectivity index (χ1) is 11.1. The number of carbonyl (C=O) groups is 1. The second-order valence-corrected chi connectivity index (χ2v) is 6.20. The first-order valence-electron chi connectivity index (χ1n) is 7.50. The SMILES string of the molecule is Cc1cccc2[nH]c(C(=O)N3CCc4cc(Cl)ncc4C3)nc12. The maximum Gasteiger partial charge on any atom is 0.289 e. The molecular formula is C17H15ClN4O. The van der Waals surface area contributed by atoms with Crippen LogP contribution in [0.5, 0.6) is 0 Å². The Morgan fingerprint density at radius 1 is 1.35 bits per heavy atom. The van der Waals surface area contributed by atoms with Crippen molar-refractivity contribution in [2.24, 2.45) is 0 Å². The van der Waals surface area contributed by atoms with Crippen molar-refractivity contribution in [3.05, 3.63) is 58.1 Å². The van der Waals surface area contributed by atoms with Gasteiger partial charge >= 0.3 is 0 Å². The highest BCUT2D eigenvalue weighted by Crippen LogP contribution is 2.23. The van der Waals surface area contributed by atoms with Crippen LogP contribution in [0.4, 0.5) is 0 Å². The van der Waals surface area contributed by atoms with Crippen LogP contribution >= 0.6 is 11.6 Å². The number of hydrogen-bond donors (Lipinski definition) is 1. The third-order valence-corrected chi connectivity index (χ3v) is 4.47. The Labute approximate surface area is 138 Å². The monoisotopic (exact) mass is 326 g/mol. The van der Waals surface area contributed by atoms with E-state index in [0.717, 1.165) is 34.1 Å². The third-order valence-electron chi connectivity index (χ3n) is 4.27. The number of aromatic amines is 1. The van der Waals surface area contributed by atoms with Crippen LogP contribution in [0.15, 0.2) is 30.5 Å². The predicted octanol–water partition coefficient (Wildman–Crippen LogP) is 3.12. The van der Waals surface area contributed by atoms with Crippen LogP contribution in [-0.4, -0.2) is 32.3 Å². The van der Waals surface area contributed by atoms with Crippen molar-refractivity contribution in [2.75, 3.05) is 6.54 Å². The lowest BCUT2D eigenvalue weighted by atomic mass is 10.0. The first-order valence-corrected chi connectivity index (χ1v) is 7.87. The zero-order valence-electron chi connectivity index (χ0n) is 12.6. The van der Waals surface area contributed by atoms with Crippen LogP contribution in [0.25, 0.3) is 11.0 Å². The Balaban J connectivity index is 1.64. The number of H-pyrrole nitrogens is 1. The lowest BCUT2D eigenvalue weighted by Crippen LogP contribution is -2.36. The molecule has 4 rings (SSSR count). The minimum absolute atomic E-state index is 0.0822. The summed E-state index contributed by atoms with van der Waals surface area (Å²) in [5.41, 5.74) is 5.00. The normalized spacial score (nSPS) is 14.1. The molecule has 0 saturated heterocycles. The molecule has 1 aliphatic rings. The molecule has 0 radical (unpaired) electrons. The smallest absolute Gasteiger partial charge is 0.289 e. The summed E-state index contributed by atoms with van der Waals surface area (Å²) < 4.78 is 0. The third kappa shape index (κ3) is 2.47. The molecule has 3 aromatic rings. The minimum Gasteiger partial charge on any atom is -0.334 e. The molecule has 5 nitrogen and oxygen atoms in total. The van der Waals surface area contributed by atoms with Crippen molar-refractivity contribution in [1.29, 1.82) is 0 Å². The highest BCUT2D eigenvalue weighted by atomic mass is 35.5. The summed E-state index contributed by atoms with van der Waals surface area (Å²) in [6.45, 7) is 3.18. The van der Waals surface area contributed by atoms with Gasteiger partial charge in [0.25, 0.3) is 5.91 Å². The van der Waals surface area contributed by atoms with Gasteiger partial charge in [-0.2, -0.15) is 0 Å². The average Bonchev–Trinajstić information content (AvgIpc) is 2.99. The molecule has 1 N–H and O–H groups in total. The van der Waals surface area contributed by atoms with E-state index in [2.05, 4.69) is 15.0 Å². The van der Waals surface area contributed by atoms with Crippen LogP contribution in [0, 0.1) is 6.92 Å². The summed E-state index contributed by atoms with van der Waals surface area (Å²) in [6.07, 6.45) is 2.53. The van der Waals surface area contributed by atoms with E-state index in [1.807, 2.05) is 31.2 Å². The lowest BCUT2D eigenvalue weighted by Gasteiger charge is -2.27. The van der Waals surface area contributed by atoms with E-state index in [4.69, 9.17) is 11.6 Å². The summed E-state index contributed by atoms with van der Waals surface area (Å²) in [5, 5.41) is 0.497. The molecule has 0 unspecified atom stereocenters. The van der Waals surface area contributed by atoms with Gasteiger partial charge in [-0.1, -0.05) is 23.7 Å². The number of pyridine rings is 1. The average molecular weight is 327 g/mol. The van der Waals surface area contributed by atoms with Crippen molar-refractivity contribution in [3.63, 3.8) is 0 Å². The molecule has 2 aromatic heterocycles. The van der Waals surface area contributed by atoms with Gasteiger partial charge in [-0.15, -0.1) is 0 Å². The van der Waals surface area contributed by atoms with Crippen molar-refractivity contribution < 1.29 is 4.79 Å². The summed E-state index contributed by atoms with van der Waals surface area (Å²) >= 11 is 5.92. The Morgan fingerprint density at radius 2 is 2.22 bits per heavy atom. The number of nitrogens with one attached hydrogen (secondary N) is 1. The molecule has 0 saturated carbocycles.